The van der Waals surface area contributed by atoms with E-state index in [2.05, 4.69) is 10.6 Å². The highest BCUT2D eigenvalue weighted by Crippen LogP contribution is 2.18. The second-order valence-corrected chi connectivity index (χ2v) is 5.98. The van der Waals surface area contributed by atoms with Gasteiger partial charge in [0.05, 0.1) is 6.42 Å². The van der Waals surface area contributed by atoms with Crippen LogP contribution in [0.2, 0.25) is 0 Å². The van der Waals surface area contributed by atoms with Gasteiger partial charge < -0.3 is 27.6 Å². The third-order valence-corrected chi connectivity index (χ3v) is 3.89. The van der Waals surface area contributed by atoms with Gasteiger partial charge in [0.1, 0.15) is 0 Å². The summed E-state index contributed by atoms with van der Waals surface area (Å²) in [6, 6.07) is 21.8. The molecule has 2 N–H and O–H groups in total. The zero-order valence-corrected chi connectivity index (χ0v) is 16.2. The number of carbonyl (C=O) groups excluding carboxylic acids is 1. The number of nitrogens with zero attached hydrogens (tertiary/aromatic N) is 1. The van der Waals surface area contributed by atoms with Gasteiger partial charge in [-0.15, -0.1) is 0 Å². The van der Waals surface area contributed by atoms with Crippen molar-refractivity contribution >= 4 is 23.0 Å². The van der Waals surface area contributed by atoms with Gasteiger partial charge in [0.2, 0.25) is 5.91 Å². The number of carbonyl (C=O) groups is 1. The summed E-state index contributed by atoms with van der Waals surface area (Å²) in [6.45, 7) is 2.72. The maximum atomic E-state index is 12.1. The summed E-state index contributed by atoms with van der Waals surface area (Å²) in [5.74, 6) is 0.0110. The standard InChI is InChI=1S/C21H21N3O.BrH/c1-17-11-14-24(15-12-17)16-13-21(25)23-20-9-7-19(8-10-20)22-18-5-3-2-4-6-18;/h2-12,14-15,22H,13,16H2,1H3;1H. The Bertz CT molecular complexity index is 818. The number of aryl methyl sites for hydroxylation is 2. The first-order chi connectivity index (χ1) is 12.2. The van der Waals surface area contributed by atoms with Gasteiger partial charge in [-0.25, -0.2) is 4.57 Å². The Morgan fingerprint density at radius 3 is 2.08 bits per heavy atom. The number of pyridine rings is 1. The highest BCUT2D eigenvalue weighted by molar-refractivity contribution is 5.90. The normalized spacial score (nSPS) is 9.88. The summed E-state index contributed by atoms with van der Waals surface area (Å²) in [5, 5.41) is 6.25. The summed E-state index contributed by atoms with van der Waals surface area (Å²) < 4.78 is 2.01. The average Bonchev–Trinajstić information content (AvgIpc) is 2.64. The van der Waals surface area contributed by atoms with Crippen LogP contribution in [0.1, 0.15) is 12.0 Å². The van der Waals surface area contributed by atoms with Crippen molar-refractivity contribution in [1.82, 2.24) is 0 Å². The molecule has 134 valence electrons. The monoisotopic (exact) mass is 411 g/mol. The second-order valence-electron chi connectivity index (χ2n) is 5.98. The molecule has 5 heteroatoms. The number of nitrogens with one attached hydrogen (secondary N) is 2. The zero-order valence-electron chi connectivity index (χ0n) is 14.7. The quantitative estimate of drug-likeness (QED) is 0.595. The van der Waals surface area contributed by atoms with E-state index in [0.29, 0.717) is 13.0 Å². The summed E-state index contributed by atoms with van der Waals surface area (Å²) in [6.07, 6.45) is 4.43. The lowest BCUT2D eigenvalue weighted by molar-refractivity contribution is -0.695. The molecular formula is C21H22BrN3O. The van der Waals surface area contributed by atoms with E-state index in [9.17, 15) is 4.79 Å². The fourth-order valence-electron chi connectivity index (χ4n) is 2.46. The molecular weight excluding hydrogens is 390 g/mol. The van der Waals surface area contributed by atoms with E-state index in [4.69, 9.17) is 0 Å². The van der Waals surface area contributed by atoms with Crippen molar-refractivity contribution in [2.45, 2.75) is 19.9 Å². The number of rotatable bonds is 6. The zero-order chi connectivity index (χ0) is 17.5. The molecule has 4 nitrogen and oxygen atoms in total. The average molecular weight is 412 g/mol. The Kier molecular flexibility index (Phi) is 7.36. The van der Waals surface area contributed by atoms with E-state index in [1.165, 1.54) is 5.56 Å². The van der Waals surface area contributed by atoms with Gasteiger partial charge in [0, 0.05) is 29.2 Å². The van der Waals surface area contributed by atoms with Crippen LogP contribution in [-0.4, -0.2) is 5.91 Å². The molecule has 0 aliphatic carbocycles. The van der Waals surface area contributed by atoms with Crippen molar-refractivity contribution in [1.29, 1.82) is 0 Å². The number of anilines is 3. The van der Waals surface area contributed by atoms with Crippen LogP contribution in [0, 0.1) is 6.92 Å². The van der Waals surface area contributed by atoms with Crippen molar-refractivity contribution in [3.8, 4) is 0 Å². The molecule has 0 aliphatic rings. The van der Waals surface area contributed by atoms with Crippen molar-refractivity contribution in [2.24, 2.45) is 0 Å². The molecule has 0 aliphatic heterocycles. The Morgan fingerprint density at radius 2 is 1.42 bits per heavy atom. The molecule has 0 fully saturated rings. The van der Waals surface area contributed by atoms with Crippen LogP contribution in [0.4, 0.5) is 17.1 Å². The molecule has 0 unspecified atom stereocenters. The minimum atomic E-state index is 0. The fourth-order valence-corrected chi connectivity index (χ4v) is 2.46. The topological polar surface area (TPSA) is 45.0 Å². The first-order valence-corrected chi connectivity index (χ1v) is 8.37. The van der Waals surface area contributed by atoms with Gasteiger partial charge >= 0.3 is 0 Å². The van der Waals surface area contributed by atoms with Crippen LogP contribution >= 0.6 is 0 Å². The Balaban J connectivity index is 0.00000243. The summed E-state index contributed by atoms with van der Waals surface area (Å²) in [5.41, 5.74) is 4.04. The van der Waals surface area contributed by atoms with Gasteiger partial charge in [0.15, 0.2) is 18.9 Å². The minimum Gasteiger partial charge on any atom is -1.00 e. The number of hydrogen-bond acceptors (Lipinski definition) is 2. The maximum Gasteiger partial charge on any atom is 0.230 e. The maximum absolute atomic E-state index is 12.1. The number of amides is 1. The lowest BCUT2D eigenvalue weighted by atomic mass is 10.2. The third-order valence-electron chi connectivity index (χ3n) is 3.89. The van der Waals surface area contributed by atoms with Crippen LogP contribution in [0.5, 0.6) is 0 Å². The summed E-state index contributed by atoms with van der Waals surface area (Å²) >= 11 is 0. The van der Waals surface area contributed by atoms with E-state index in [-0.39, 0.29) is 22.9 Å². The molecule has 0 saturated carbocycles. The molecule has 3 aromatic rings. The largest absolute Gasteiger partial charge is 1.00 e. The lowest BCUT2D eigenvalue weighted by Gasteiger charge is -2.08. The molecule has 0 atom stereocenters. The summed E-state index contributed by atoms with van der Waals surface area (Å²) in [7, 11) is 0. The van der Waals surface area contributed by atoms with E-state index >= 15 is 0 Å². The van der Waals surface area contributed by atoms with Crippen LogP contribution in [0.25, 0.3) is 0 Å². The van der Waals surface area contributed by atoms with Gasteiger partial charge in [-0.1, -0.05) is 18.2 Å². The number of hydrogen-bond donors (Lipinski definition) is 2. The molecule has 3 rings (SSSR count). The molecule has 1 aromatic heterocycles. The van der Waals surface area contributed by atoms with Crippen molar-refractivity contribution in [2.75, 3.05) is 10.6 Å². The molecule has 0 saturated heterocycles. The van der Waals surface area contributed by atoms with Crippen LogP contribution < -0.4 is 32.2 Å². The van der Waals surface area contributed by atoms with E-state index in [1.807, 2.05) is 90.6 Å². The molecule has 1 amide bonds. The molecule has 2 aromatic carbocycles. The first kappa shape index (κ1) is 19.7. The number of benzene rings is 2. The first-order valence-electron chi connectivity index (χ1n) is 8.37. The second kappa shape index (κ2) is 9.73. The van der Waals surface area contributed by atoms with E-state index in [0.717, 1.165) is 17.1 Å². The Hall–Kier alpha value is -2.66. The third kappa shape index (κ3) is 6.01. The molecule has 1 heterocycles. The summed E-state index contributed by atoms with van der Waals surface area (Å²) in [4.78, 5) is 12.1. The van der Waals surface area contributed by atoms with E-state index < -0.39 is 0 Å². The lowest BCUT2D eigenvalue weighted by Crippen LogP contribution is -3.00. The Morgan fingerprint density at radius 1 is 0.846 bits per heavy atom. The number of halogens is 1. The fraction of sp³-hybridized carbons (Fsp3) is 0.143. The smallest absolute Gasteiger partial charge is 0.230 e. The minimum absolute atomic E-state index is 0. The van der Waals surface area contributed by atoms with Gasteiger partial charge in [-0.3, -0.25) is 4.79 Å². The van der Waals surface area contributed by atoms with Gasteiger partial charge in [0.25, 0.3) is 0 Å². The van der Waals surface area contributed by atoms with Crippen molar-refractivity contribution in [3.63, 3.8) is 0 Å². The number of aromatic nitrogens is 1. The molecule has 0 spiro atoms. The number of para-hydroxylation sites is 1. The van der Waals surface area contributed by atoms with Gasteiger partial charge in [-0.05, 0) is 48.9 Å². The Labute approximate surface area is 164 Å². The van der Waals surface area contributed by atoms with Crippen LogP contribution in [0.3, 0.4) is 0 Å². The van der Waals surface area contributed by atoms with Crippen LogP contribution in [0.15, 0.2) is 79.1 Å². The molecule has 0 bridgehead atoms. The van der Waals surface area contributed by atoms with Crippen molar-refractivity contribution in [3.05, 3.63) is 84.7 Å². The van der Waals surface area contributed by atoms with Crippen LogP contribution in [-0.2, 0) is 11.3 Å². The molecule has 0 radical (unpaired) electrons. The molecule has 26 heavy (non-hydrogen) atoms. The predicted octanol–water partition coefficient (Wildman–Crippen LogP) is 1.06. The van der Waals surface area contributed by atoms with Crippen molar-refractivity contribution < 1.29 is 26.3 Å². The van der Waals surface area contributed by atoms with Gasteiger partial charge in [-0.2, -0.15) is 0 Å². The predicted molar refractivity (Wildman–Crippen MR) is 101 cm³/mol. The highest BCUT2D eigenvalue weighted by Gasteiger charge is 2.07. The van der Waals surface area contributed by atoms with E-state index in [1.54, 1.807) is 0 Å². The highest BCUT2D eigenvalue weighted by atomic mass is 79.9. The SMILES string of the molecule is Cc1cc[n+](CCC(=O)Nc2ccc(Nc3ccccc3)cc2)cc1.[Br-].